The largest absolute Gasteiger partial charge is 0.493 e. The van der Waals surface area contributed by atoms with Crippen molar-refractivity contribution in [1.82, 2.24) is 10.6 Å². The van der Waals surface area contributed by atoms with E-state index in [1.165, 1.54) is 0 Å². The van der Waals surface area contributed by atoms with E-state index in [1.54, 1.807) is 33.5 Å². The summed E-state index contributed by atoms with van der Waals surface area (Å²) >= 11 is 0. The van der Waals surface area contributed by atoms with Gasteiger partial charge < -0.3 is 29.6 Å². The Hall–Kier alpha value is -2.64. The average Bonchev–Trinajstić information content (AvgIpc) is 3.11. The molecule has 8 nitrogen and oxygen atoms in total. The number of carbonyl (C=O) groups is 2. The van der Waals surface area contributed by atoms with Gasteiger partial charge in [-0.2, -0.15) is 0 Å². The summed E-state index contributed by atoms with van der Waals surface area (Å²) in [5.41, 5.74) is 0.265. The molecule has 1 aliphatic rings. The van der Waals surface area contributed by atoms with Crippen molar-refractivity contribution in [2.24, 2.45) is 5.92 Å². The minimum Gasteiger partial charge on any atom is -0.493 e. The molecular formula is C22H34N2O6. The van der Waals surface area contributed by atoms with Crippen molar-refractivity contribution in [1.29, 1.82) is 0 Å². The van der Waals surface area contributed by atoms with Crippen molar-refractivity contribution >= 4 is 12.0 Å². The summed E-state index contributed by atoms with van der Waals surface area (Å²) in [4.78, 5) is 24.3. The van der Waals surface area contributed by atoms with Crippen LogP contribution < -0.4 is 24.8 Å². The van der Waals surface area contributed by atoms with E-state index in [9.17, 15) is 9.59 Å². The fourth-order valence-electron chi connectivity index (χ4n) is 3.61. The number of ether oxygens (including phenoxy) is 4. The van der Waals surface area contributed by atoms with Gasteiger partial charge in [-0.3, -0.25) is 4.79 Å². The minimum atomic E-state index is -0.511. The van der Waals surface area contributed by atoms with Gasteiger partial charge in [-0.1, -0.05) is 0 Å². The maximum absolute atomic E-state index is 12.4. The maximum Gasteiger partial charge on any atom is 0.407 e. The van der Waals surface area contributed by atoms with E-state index in [1.807, 2.05) is 20.8 Å². The predicted octanol–water partition coefficient (Wildman–Crippen LogP) is 3.06. The van der Waals surface area contributed by atoms with Crippen molar-refractivity contribution in [2.75, 3.05) is 27.9 Å². The van der Waals surface area contributed by atoms with Crippen molar-refractivity contribution in [3.8, 4) is 17.2 Å². The van der Waals surface area contributed by atoms with Gasteiger partial charge >= 0.3 is 6.09 Å². The first-order valence-electron chi connectivity index (χ1n) is 10.2. The normalized spacial score (nSPS) is 18.5. The van der Waals surface area contributed by atoms with E-state index in [0.29, 0.717) is 29.7 Å². The third-order valence-electron chi connectivity index (χ3n) is 4.94. The zero-order valence-corrected chi connectivity index (χ0v) is 18.8. The molecular weight excluding hydrogens is 388 g/mol. The van der Waals surface area contributed by atoms with Gasteiger partial charge in [0.25, 0.3) is 0 Å². The monoisotopic (exact) mass is 422 g/mol. The number of hydrogen-bond acceptors (Lipinski definition) is 6. The van der Waals surface area contributed by atoms with E-state index in [0.717, 1.165) is 24.8 Å². The van der Waals surface area contributed by atoms with Crippen LogP contribution in [-0.4, -0.2) is 51.5 Å². The highest BCUT2D eigenvalue weighted by Crippen LogP contribution is 2.38. The molecule has 1 fully saturated rings. The van der Waals surface area contributed by atoms with Crippen LogP contribution in [0, 0.1) is 5.92 Å². The highest BCUT2D eigenvalue weighted by atomic mass is 16.6. The molecule has 2 N–H and O–H groups in total. The molecule has 0 heterocycles. The lowest BCUT2D eigenvalue weighted by Crippen LogP contribution is -2.38. The summed E-state index contributed by atoms with van der Waals surface area (Å²) < 4.78 is 21.3. The van der Waals surface area contributed by atoms with Gasteiger partial charge in [-0.05, 0) is 63.6 Å². The Kier molecular flexibility index (Phi) is 8.20. The van der Waals surface area contributed by atoms with Crippen LogP contribution in [0.5, 0.6) is 17.2 Å². The summed E-state index contributed by atoms with van der Waals surface area (Å²) in [5, 5.41) is 5.91. The third kappa shape index (κ3) is 7.00. The van der Waals surface area contributed by atoms with Crippen LogP contribution in [0.4, 0.5) is 4.79 Å². The molecule has 0 saturated heterocycles. The number of carbonyl (C=O) groups excluding carboxylic acids is 2. The zero-order chi connectivity index (χ0) is 22.3. The van der Waals surface area contributed by atoms with Gasteiger partial charge in [-0.25, -0.2) is 4.79 Å². The number of rotatable bonds is 8. The van der Waals surface area contributed by atoms with Crippen LogP contribution >= 0.6 is 0 Å². The third-order valence-corrected chi connectivity index (χ3v) is 4.94. The number of alkyl carbamates (subject to hydrolysis) is 1. The van der Waals surface area contributed by atoms with Crippen LogP contribution in [0.2, 0.25) is 0 Å². The molecule has 1 aliphatic carbocycles. The Bertz CT molecular complexity index is 719. The quantitative estimate of drug-likeness (QED) is 0.669. The predicted molar refractivity (Wildman–Crippen MR) is 113 cm³/mol. The number of methoxy groups -OCH3 is 3. The maximum atomic E-state index is 12.4. The van der Waals surface area contributed by atoms with E-state index in [4.69, 9.17) is 18.9 Å². The molecule has 0 radical (unpaired) electrons. The fraction of sp³-hybridized carbons (Fsp3) is 0.636. The summed E-state index contributed by atoms with van der Waals surface area (Å²) in [6.07, 6.45) is 2.48. The molecule has 30 heavy (non-hydrogen) atoms. The number of hydrogen-bond donors (Lipinski definition) is 2. The topological polar surface area (TPSA) is 95.1 Å². The average molecular weight is 423 g/mol. The van der Waals surface area contributed by atoms with E-state index >= 15 is 0 Å². The Morgan fingerprint density at radius 1 is 1.03 bits per heavy atom. The molecule has 1 aromatic rings. The van der Waals surface area contributed by atoms with Gasteiger partial charge in [0, 0.05) is 12.6 Å². The number of amides is 2. The summed E-state index contributed by atoms with van der Waals surface area (Å²) in [6, 6.07) is 3.63. The first-order chi connectivity index (χ1) is 14.1. The smallest absolute Gasteiger partial charge is 0.407 e. The van der Waals surface area contributed by atoms with Crippen molar-refractivity contribution in [3.63, 3.8) is 0 Å². The van der Waals surface area contributed by atoms with Crippen LogP contribution in [0.1, 0.15) is 45.6 Å². The van der Waals surface area contributed by atoms with Crippen LogP contribution in [-0.2, 0) is 16.0 Å². The Balaban J connectivity index is 1.82. The van der Waals surface area contributed by atoms with Crippen molar-refractivity contribution in [2.45, 2.75) is 58.1 Å². The highest BCUT2D eigenvalue weighted by molar-refractivity contribution is 5.79. The Labute approximate surface area is 178 Å². The standard InChI is InChI=1S/C22H34N2O6/c1-22(2,3)30-21(26)24-16-8-7-14(9-16)13-23-19(25)12-15-10-17(27-4)20(29-6)18(11-15)28-5/h10-11,14,16H,7-9,12-13H2,1-6H3,(H,23,25)(H,24,26). The van der Waals surface area contributed by atoms with Crippen LogP contribution in [0.15, 0.2) is 12.1 Å². The molecule has 0 bridgehead atoms. The molecule has 0 spiro atoms. The molecule has 2 rings (SSSR count). The Morgan fingerprint density at radius 3 is 2.20 bits per heavy atom. The molecule has 8 heteroatoms. The molecule has 2 unspecified atom stereocenters. The molecule has 1 saturated carbocycles. The summed E-state index contributed by atoms with van der Waals surface area (Å²) in [6.45, 7) is 6.10. The Morgan fingerprint density at radius 2 is 1.67 bits per heavy atom. The van der Waals surface area contributed by atoms with Crippen LogP contribution in [0.25, 0.3) is 0 Å². The van der Waals surface area contributed by atoms with Crippen LogP contribution in [0.3, 0.4) is 0 Å². The second-order valence-corrected chi connectivity index (χ2v) is 8.54. The lowest BCUT2D eigenvalue weighted by Gasteiger charge is -2.21. The fourth-order valence-corrected chi connectivity index (χ4v) is 3.61. The lowest BCUT2D eigenvalue weighted by atomic mass is 10.1. The molecule has 2 atom stereocenters. The van der Waals surface area contributed by atoms with Crippen molar-refractivity contribution < 1.29 is 28.5 Å². The molecule has 168 valence electrons. The van der Waals surface area contributed by atoms with Gasteiger partial charge in [-0.15, -0.1) is 0 Å². The van der Waals surface area contributed by atoms with Crippen molar-refractivity contribution in [3.05, 3.63) is 17.7 Å². The summed E-state index contributed by atoms with van der Waals surface area (Å²) in [7, 11) is 4.63. The lowest BCUT2D eigenvalue weighted by molar-refractivity contribution is -0.120. The summed E-state index contributed by atoms with van der Waals surface area (Å²) in [5.74, 6) is 1.79. The second-order valence-electron chi connectivity index (χ2n) is 8.54. The van der Waals surface area contributed by atoms with Gasteiger partial charge in [0.05, 0.1) is 27.8 Å². The van der Waals surface area contributed by atoms with Gasteiger partial charge in [0.15, 0.2) is 11.5 Å². The molecule has 2 amide bonds. The molecule has 0 aliphatic heterocycles. The SMILES string of the molecule is COc1cc(CC(=O)NCC2CCC(NC(=O)OC(C)(C)C)C2)cc(OC)c1OC. The number of nitrogens with one attached hydrogen (secondary N) is 2. The van der Waals surface area contributed by atoms with E-state index in [2.05, 4.69) is 10.6 Å². The van der Waals surface area contributed by atoms with E-state index in [-0.39, 0.29) is 24.5 Å². The zero-order valence-electron chi connectivity index (χ0n) is 18.8. The van der Waals surface area contributed by atoms with Gasteiger partial charge in [0.2, 0.25) is 11.7 Å². The van der Waals surface area contributed by atoms with Gasteiger partial charge in [0.1, 0.15) is 5.60 Å². The number of benzene rings is 1. The molecule has 1 aromatic carbocycles. The molecule has 0 aromatic heterocycles. The first kappa shape index (κ1) is 23.6. The minimum absolute atomic E-state index is 0.0761. The highest BCUT2D eigenvalue weighted by Gasteiger charge is 2.28. The first-order valence-corrected chi connectivity index (χ1v) is 10.2. The second kappa shape index (κ2) is 10.4. The van der Waals surface area contributed by atoms with E-state index < -0.39 is 5.60 Å².